The van der Waals surface area contributed by atoms with Crippen molar-refractivity contribution in [3.8, 4) is 0 Å². The lowest BCUT2D eigenvalue weighted by atomic mass is 10.1. The second kappa shape index (κ2) is 9.81. The molecule has 2 aromatic carbocycles. The first kappa shape index (κ1) is 19.0. The van der Waals surface area contributed by atoms with Crippen LogP contribution >= 0.6 is 11.6 Å². The number of anilines is 1. The molecule has 2 N–H and O–H groups in total. The summed E-state index contributed by atoms with van der Waals surface area (Å²) >= 11 is 5.94. The molecular weight excluding hydrogens is 340 g/mol. The molecule has 0 aromatic heterocycles. The molecular formula is C19H21ClN2O3. The zero-order valence-electron chi connectivity index (χ0n) is 14.0. The van der Waals surface area contributed by atoms with Crippen LogP contribution in [0.4, 0.5) is 5.69 Å². The van der Waals surface area contributed by atoms with Crippen LogP contribution in [0.25, 0.3) is 0 Å². The Morgan fingerprint density at radius 1 is 1.08 bits per heavy atom. The number of rotatable bonds is 8. The Balaban J connectivity index is 1.73. The highest BCUT2D eigenvalue weighted by Crippen LogP contribution is 2.16. The number of benzene rings is 2. The van der Waals surface area contributed by atoms with Crippen molar-refractivity contribution in [3.05, 3.63) is 64.7 Å². The zero-order chi connectivity index (χ0) is 18.1. The Kier molecular flexibility index (Phi) is 7.44. The molecule has 2 rings (SSSR count). The molecule has 0 radical (unpaired) electrons. The van der Waals surface area contributed by atoms with Crippen molar-refractivity contribution >= 4 is 29.2 Å². The Bertz CT molecular complexity index is 734. The molecule has 25 heavy (non-hydrogen) atoms. The van der Waals surface area contributed by atoms with E-state index in [1.165, 1.54) is 7.11 Å². The zero-order valence-corrected chi connectivity index (χ0v) is 14.8. The maximum atomic E-state index is 12.0. The average molecular weight is 361 g/mol. The quantitative estimate of drug-likeness (QED) is 0.560. The van der Waals surface area contributed by atoms with E-state index in [1.54, 1.807) is 24.3 Å². The van der Waals surface area contributed by atoms with Crippen LogP contribution in [-0.2, 0) is 16.0 Å². The fourth-order valence-electron chi connectivity index (χ4n) is 2.34. The first-order valence-electron chi connectivity index (χ1n) is 8.02. The summed E-state index contributed by atoms with van der Waals surface area (Å²) in [5.41, 5.74) is 1.95. The van der Waals surface area contributed by atoms with Crippen molar-refractivity contribution < 1.29 is 14.3 Å². The smallest absolute Gasteiger partial charge is 0.339 e. The van der Waals surface area contributed by atoms with Crippen molar-refractivity contribution in [1.82, 2.24) is 5.32 Å². The summed E-state index contributed by atoms with van der Waals surface area (Å²) in [4.78, 5) is 23.7. The lowest BCUT2D eigenvalue weighted by molar-refractivity contribution is -0.116. The summed E-state index contributed by atoms with van der Waals surface area (Å²) in [6.07, 6.45) is 1.15. The molecule has 2 aromatic rings. The van der Waals surface area contributed by atoms with Crippen LogP contribution in [0.3, 0.4) is 0 Å². The predicted molar refractivity (Wildman–Crippen MR) is 99.1 cm³/mol. The van der Waals surface area contributed by atoms with Crippen LogP contribution < -0.4 is 10.6 Å². The van der Waals surface area contributed by atoms with Gasteiger partial charge in [-0.2, -0.15) is 0 Å². The van der Waals surface area contributed by atoms with Gasteiger partial charge in [0.1, 0.15) is 0 Å². The Labute approximate surface area is 152 Å². The van der Waals surface area contributed by atoms with Crippen LogP contribution in [0, 0.1) is 0 Å². The predicted octanol–water partition coefficient (Wildman–Crippen LogP) is 3.29. The van der Waals surface area contributed by atoms with Crippen LogP contribution in [0.1, 0.15) is 22.3 Å². The molecule has 6 heteroatoms. The number of methoxy groups -OCH3 is 1. The SMILES string of the molecule is COC(=O)c1ccccc1NC(=O)CCNCCc1cccc(Cl)c1. The molecule has 0 spiro atoms. The molecule has 5 nitrogen and oxygen atoms in total. The number of halogens is 1. The number of hydrogen-bond acceptors (Lipinski definition) is 4. The average Bonchev–Trinajstić information content (AvgIpc) is 2.61. The van der Waals surface area contributed by atoms with Crippen LogP contribution in [0.2, 0.25) is 5.02 Å². The monoisotopic (exact) mass is 360 g/mol. The third-order valence-corrected chi connectivity index (χ3v) is 3.85. The van der Waals surface area contributed by atoms with Crippen molar-refractivity contribution in [2.45, 2.75) is 12.8 Å². The maximum absolute atomic E-state index is 12.0. The molecule has 132 valence electrons. The highest BCUT2D eigenvalue weighted by atomic mass is 35.5. The topological polar surface area (TPSA) is 67.4 Å². The standard InChI is InChI=1S/C19H21ClN2O3/c1-25-19(24)16-7-2-3-8-17(16)22-18(23)10-12-21-11-9-14-5-4-6-15(20)13-14/h2-8,13,21H,9-12H2,1H3,(H,22,23). The number of hydrogen-bond donors (Lipinski definition) is 2. The van der Waals surface area contributed by atoms with Gasteiger partial charge in [0.05, 0.1) is 18.4 Å². The summed E-state index contributed by atoms with van der Waals surface area (Å²) in [7, 11) is 1.31. The lowest BCUT2D eigenvalue weighted by Crippen LogP contribution is -2.24. The van der Waals surface area contributed by atoms with E-state index in [-0.39, 0.29) is 5.91 Å². The molecule has 0 aliphatic carbocycles. The fourth-order valence-corrected chi connectivity index (χ4v) is 2.56. The molecule has 0 fully saturated rings. The van der Waals surface area contributed by atoms with Gasteiger partial charge in [0.15, 0.2) is 0 Å². The van der Waals surface area contributed by atoms with Crippen LogP contribution in [0.15, 0.2) is 48.5 Å². The van der Waals surface area contributed by atoms with Gasteiger partial charge in [-0.05, 0) is 42.8 Å². The van der Waals surface area contributed by atoms with Crippen molar-refractivity contribution in [3.63, 3.8) is 0 Å². The minimum absolute atomic E-state index is 0.161. The van der Waals surface area contributed by atoms with Crippen molar-refractivity contribution in [2.75, 3.05) is 25.5 Å². The second-order valence-corrected chi connectivity index (χ2v) is 5.90. The molecule has 0 unspecified atom stereocenters. The molecule has 0 bridgehead atoms. The lowest BCUT2D eigenvalue weighted by Gasteiger charge is -2.10. The summed E-state index contributed by atoms with van der Waals surface area (Å²) in [6.45, 7) is 1.30. The number of para-hydroxylation sites is 1. The molecule has 0 heterocycles. The van der Waals surface area contributed by atoms with Crippen molar-refractivity contribution in [1.29, 1.82) is 0 Å². The number of carbonyl (C=O) groups excluding carboxylic acids is 2. The third kappa shape index (κ3) is 6.21. The first-order valence-corrected chi connectivity index (χ1v) is 8.40. The third-order valence-electron chi connectivity index (χ3n) is 3.61. The maximum Gasteiger partial charge on any atom is 0.339 e. The summed E-state index contributed by atoms with van der Waals surface area (Å²) < 4.78 is 4.71. The molecule has 0 saturated heterocycles. The van der Waals surface area contributed by atoms with E-state index < -0.39 is 5.97 Å². The van der Waals surface area contributed by atoms with E-state index in [0.29, 0.717) is 24.2 Å². The van der Waals surface area contributed by atoms with E-state index in [0.717, 1.165) is 23.6 Å². The van der Waals surface area contributed by atoms with Gasteiger partial charge in [0.2, 0.25) is 5.91 Å². The van der Waals surface area contributed by atoms with Gasteiger partial charge >= 0.3 is 5.97 Å². The van der Waals surface area contributed by atoms with Gasteiger partial charge in [0.25, 0.3) is 0 Å². The van der Waals surface area contributed by atoms with E-state index >= 15 is 0 Å². The number of carbonyl (C=O) groups is 2. The fraction of sp³-hybridized carbons (Fsp3) is 0.263. The Morgan fingerprint density at radius 3 is 2.64 bits per heavy atom. The minimum atomic E-state index is -0.476. The van der Waals surface area contributed by atoms with Gasteiger partial charge in [0, 0.05) is 18.0 Å². The minimum Gasteiger partial charge on any atom is -0.465 e. The normalized spacial score (nSPS) is 10.3. The van der Waals surface area contributed by atoms with E-state index in [4.69, 9.17) is 16.3 Å². The van der Waals surface area contributed by atoms with Gasteiger partial charge in [-0.15, -0.1) is 0 Å². The summed E-state index contributed by atoms with van der Waals surface area (Å²) in [5.74, 6) is -0.637. The van der Waals surface area contributed by atoms with Crippen molar-refractivity contribution in [2.24, 2.45) is 0 Å². The van der Waals surface area contributed by atoms with Crippen LogP contribution in [-0.4, -0.2) is 32.1 Å². The number of esters is 1. The largest absolute Gasteiger partial charge is 0.465 e. The van der Waals surface area contributed by atoms with E-state index in [2.05, 4.69) is 10.6 Å². The number of nitrogens with one attached hydrogen (secondary N) is 2. The second-order valence-electron chi connectivity index (χ2n) is 5.47. The molecule has 0 atom stereocenters. The molecule has 1 amide bonds. The van der Waals surface area contributed by atoms with Gasteiger partial charge < -0.3 is 15.4 Å². The van der Waals surface area contributed by atoms with Gasteiger partial charge in [-0.3, -0.25) is 4.79 Å². The summed E-state index contributed by atoms with van der Waals surface area (Å²) in [5, 5.41) is 6.69. The Hall–Kier alpha value is -2.37. The van der Waals surface area contributed by atoms with Crippen LogP contribution in [0.5, 0.6) is 0 Å². The number of ether oxygens (including phenoxy) is 1. The number of amides is 1. The van der Waals surface area contributed by atoms with Gasteiger partial charge in [-0.1, -0.05) is 35.9 Å². The van der Waals surface area contributed by atoms with E-state index in [9.17, 15) is 9.59 Å². The summed E-state index contributed by atoms with van der Waals surface area (Å²) in [6, 6.07) is 14.5. The molecule has 0 aliphatic rings. The first-order chi connectivity index (χ1) is 12.1. The molecule has 0 aliphatic heterocycles. The van der Waals surface area contributed by atoms with Gasteiger partial charge in [-0.25, -0.2) is 4.79 Å². The Morgan fingerprint density at radius 2 is 1.88 bits per heavy atom. The van der Waals surface area contributed by atoms with E-state index in [1.807, 2.05) is 24.3 Å². The highest BCUT2D eigenvalue weighted by molar-refractivity contribution is 6.30. The molecule has 0 saturated carbocycles. The highest BCUT2D eigenvalue weighted by Gasteiger charge is 2.12.